The van der Waals surface area contributed by atoms with E-state index < -0.39 is 11.9 Å². The molecule has 0 saturated carbocycles. The fourth-order valence-electron chi connectivity index (χ4n) is 1.25. The minimum Gasteiger partial charge on any atom is -0.480 e. The van der Waals surface area contributed by atoms with Gasteiger partial charge in [-0.1, -0.05) is 24.3 Å². The number of nitriles is 1. The molecule has 1 aromatic carbocycles. The van der Waals surface area contributed by atoms with Gasteiger partial charge in [0.2, 0.25) is 0 Å². The van der Waals surface area contributed by atoms with Crippen LogP contribution in [0.15, 0.2) is 24.3 Å². The summed E-state index contributed by atoms with van der Waals surface area (Å²) >= 11 is 0. The average molecular weight is 205 g/mol. The molecule has 1 rings (SSSR count). The van der Waals surface area contributed by atoms with Gasteiger partial charge < -0.3 is 9.84 Å². The maximum atomic E-state index is 10.7. The first kappa shape index (κ1) is 11.2. The molecule has 1 aromatic rings. The van der Waals surface area contributed by atoms with Gasteiger partial charge in [-0.05, 0) is 11.1 Å². The summed E-state index contributed by atoms with van der Waals surface area (Å²) in [5.74, 6) is -2.22. The Labute approximate surface area is 87.7 Å². The molecule has 0 bridgehead atoms. The van der Waals surface area contributed by atoms with Gasteiger partial charge in [-0.15, -0.1) is 0 Å². The molecule has 0 aliphatic heterocycles. The molecule has 4 nitrogen and oxygen atoms in total. The van der Waals surface area contributed by atoms with Gasteiger partial charge in [0.15, 0.2) is 5.92 Å². The summed E-state index contributed by atoms with van der Waals surface area (Å²) in [4.78, 5) is 10.7. The Morgan fingerprint density at radius 3 is 2.53 bits per heavy atom. The lowest BCUT2D eigenvalue weighted by Crippen LogP contribution is -2.09. The van der Waals surface area contributed by atoms with E-state index in [4.69, 9.17) is 15.1 Å². The van der Waals surface area contributed by atoms with E-state index >= 15 is 0 Å². The fourth-order valence-corrected chi connectivity index (χ4v) is 1.25. The molecule has 0 amide bonds. The van der Waals surface area contributed by atoms with Crippen LogP contribution in [0.4, 0.5) is 0 Å². The van der Waals surface area contributed by atoms with E-state index in [-0.39, 0.29) is 0 Å². The third-order valence-corrected chi connectivity index (χ3v) is 2.00. The molecule has 78 valence electrons. The normalized spacial score (nSPS) is 11.7. The molecule has 1 atom stereocenters. The van der Waals surface area contributed by atoms with Crippen LogP contribution in [0, 0.1) is 11.3 Å². The predicted octanol–water partition coefficient (Wildman–Crippen LogP) is 1.52. The summed E-state index contributed by atoms with van der Waals surface area (Å²) in [6.07, 6.45) is 0. The van der Waals surface area contributed by atoms with Crippen LogP contribution in [0.2, 0.25) is 0 Å². The highest BCUT2D eigenvalue weighted by Gasteiger charge is 2.18. The number of nitrogens with zero attached hydrogens (tertiary/aromatic N) is 1. The molecule has 0 aliphatic rings. The van der Waals surface area contributed by atoms with Crippen molar-refractivity contribution >= 4 is 5.97 Å². The molecule has 0 heterocycles. The first-order valence-electron chi connectivity index (χ1n) is 4.39. The summed E-state index contributed by atoms with van der Waals surface area (Å²) in [6, 6.07) is 8.52. The summed E-state index contributed by atoms with van der Waals surface area (Å²) in [5.41, 5.74) is 1.44. The van der Waals surface area contributed by atoms with Crippen LogP contribution in [0.5, 0.6) is 0 Å². The molecule has 1 N–H and O–H groups in total. The van der Waals surface area contributed by atoms with Gasteiger partial charge in [0.05, 0.1) is 12.7 Å². The quantitative estimate of drug-likeness (QED) is 0.809. The largest absolute Gasteiger partial charge is 0.480 e. The van der Waals surface area contributed by atoms with Crippen molar-refractivity contribution in [1.29, 1.82) is 5.26 Å². The van der Waals surface area contributed by atoms with Gasteiger partial charge in [0, 0.05) is 7.11 Å². The van der Waals surface area contributed by atoms with Crippen molar-refractivity contribution in [2.75, 3.05) is 7.11 Å². The average Bonchev–Trinajstić information content (AvgIpc) is 2.21. The van der Waals surface area contributed by atoms with Gasteiger partial charge in [-0.2, -0.15) is 5.26 Å². The van der Waals surface area contributed by atoms with E-state index in [1.54, 1.807) is 37.4 Å². The molecule has 15 heavy (non-hydrogen) atoms. The highest BCUT2D eigenvalue weighted by atomic mass is 16.5. The minimum absolute atomic E-state index is 0.477. The zero-order valence-corrected chi connectivity index (χ0v) is 8.30. The molecule has 0 spiro atoms. The highest BCUT2D eigenvalue weighted by Crippen LogP contribution is 2.16. The van der Waals surface area contributed by atoms with Crippen LogP contribution in [-0.4, -0.2) is 18.2 Å². The Balaban J connectivity index is 2.88. The number of benzene rings is 1. The molecular formula is C11H11NO3. The van der Waals surface area contributed by atoms with Gasteiger partial charge in [0.1, 0.15) is 0 Å². The second kappa shape index (κ2) is 5.13. The standard InChI is InChI=1S/C11H11NO3/c1-15-7-8-2-4-9(5-3-8)10(6-12)11(13)14/h2-5,10H,7H2,1H3,(H,13,14)/t10-/m1/s1. The molecule has 4 heteroatoms. The lowest BCUT2D eigenvalue weighted by Gasteiger charge is -2.05. The minimum atomic E-state index is -1.13. The molecule has 0 aromatic heterocycles. The van der Waals surface area contributed by atoms with Crippen LogP contribution in [0.25, 0.3) is 0 Å². The number of carboxylic acids is 1. The van der Waals surface area contributed by atoms with E-state index in [1.807, 2.05) is 0 Å². The lowest BCUT2D eigenvalue weighted by molar-refractivity contribution is -0.137. The number of carboxylic acid groups (broad SMARTS) is 1. The predicted molar refractivity (Wildman–Crippen MR) is 53.1 cm³/mol. The summed E-state index contributed by atoms with van der Waals surface area (Å²) < 4.78 is 4.92. The van der Waals surface area contributed by atoms with Gasteiger partial charge >= 0.3 is 5.97 Å². The van der Waals surface area contributed by atoms with Crippen molar-refractivity contribution < 1.29 is 14.6 Å². The Bertz CT molecular complexity index is 378. The number of hydrogen-bond donors (Lipinski definition) is 1. The van der Waals surface area contributed by atoms with Crippen molar-refractivity contribution in [2.24, 2.45) is 0 Å². The Kier molecular flexibility index (Phi) is 3.83. The molecular weight excluding hydrogens is 194 g/mol. The number of hydrogen-bond acceptors (Lipinski definition) is 3. The second-order valence-corrected chi connectivity index (χ2v) is 3.07. The Morgan fingerprint density at radius 2 is 2.13 bits per heavy atom. The number of aliphatic carboxylic acids is 1. The van der Waals surface area contributed by atoms with E-state index in [0.29, 0.717) is 12.2 Å². The van der Waals surface area contributed by atoms with Gasteiger partial charge in [-0.25, -0.2) is 0 Å². The maximum absolute atomic E-state index is 10.7. The molecule has 0 aliphatic carbocycles. The van der Waals surface area contributed by atoms with E-state index in [9.17, 15) is 4.79 Å². The summed E-state index contributed by atoms with van der Waals surface area (Å²) in [5, 5.41) is 17.4. The SMILES string of the molecule is COCc1ccc([C@@H](C#N)C(=O)O)cc1. The topological polar surface area (TPSA) is 70.3 Å². The van der Waals surface area contributed by atoms with E-state index in [1.165, 1.54) is 0 Å². The third kappa shape index (κ3) is 2.79. The number of ether oxygens (including phenoxy) is 1. The summed E-state index contributed by atoms with van der Waals surface area (Å²) in [7, 11) is 1.59. The maximum Gasteiger partial charge on any atom is 0.325 e. The Morgan fingerprint density at radius 1 is 1.53 bits per heavy atom. The van der Waals surface area contributed by atoms with Crippen molar-refractivity contribution in [3.05, 3.63) is 35.4 Å². The zero-order chi connectivity index (χ0) is 11.3. The molecule has 0 fully saturated rings. The van der Waals surface area contributed by atoms with Crippen LogP contribution >= 0.6 is 0 Å². The molecule has 0 radical (unpaired) electrons. The monoisotopic (exact) mass is 205 g/mol. The van der Waals surface area contributed by atoms with Gasteiger partial charge in [0.25, 0.3) is 0 Å². The van der Waals surface area contributed by atoms with Crippen molar-refractivity contribution in [1.82, 2.24) is 0 Å². The second-order valence-electron chi connectivity index (χ2n) is 3.07. The molecule has 0 unspecified atom stereocenters. The lowest BCUT2D eigenvalue weighted by atomic mass is 10.00. The number of carbonyl (C=O) groups is 1. The Hall–Kier alpha value is -1.86. The fraction of sp³-hybridized carbons (Fsp3) is 0.273. The first-order valence-corrected chi connectivity index (χ1v) is 4.39. The zero-order valence-electron chi connectivity index (χ0n) is 8.30. The van der Waals surface area contributed by atoms with Crippen LogP contribution < -0.4 is 0 Å². The van der Waals surface area contributed by atoms with Gasteiger partial charge in [-0.3, -0.25) is 4.79 Å². The van der Waals surface area contributed by atoms with Crippen LogP contribution in [0.3, 0.4) is 0 Å². The smallest absolute Gasteiger partial charge is 0.325 e. The van der Waals surface area contributed by atoms with Crippen molar-refractivity contribution in [2.45, 2.75) is 12.5 Å². The summed E-state index contributed by atoms with van der Waals surface area (Å²) in [6.45, 7) is 0.477. The van der Waals surface area contributed by atoms with Crippen molar-refractivity contribution in [3.8, 4) is 6.07 Å². The van der Waals surface area contributed by atoms with Crippen LogP contribution in [0.1, 0.15) is 17.0 Å². The van der Waals surface area contributed by atoms with Crippen LogP contribution in [-0.2, 0) is 16.1 Å². The highest BCUT2D eigenvalue weighted by molar-refractivity contribution is 5.79. The number of rotatable bonds is 4. The number of methoxy groups -OCH3 is 1. The molecule has 0 saturated heterocycles. The van der Waals surface area contributed by atoms with Crippen molar-refractivity contribution in [3.63, 3.8) is 0 Å². The van der Waals surface area contributed by atoms with E-state index in [0.717, 1.165) is 5.56 Å². The first-order chi connectivity index (χ1) is 7.19. The third-order valence-electron chi connectivity index (χ3n) is 2.00. The van der Waals surface area contributed by atoms with E-state index in [2.05, 4.69) is 0 Å².